The van der Waals surface area contributed by atoms with Crippen molar-refractivity contribution in [3.05, 3.63) is 65.1 Å². The third-order valence-corrected chi connectivity index (χ3v) is 4.36. The molecule has 1 fully saturated rings. The summed E-state index contributed by atoms with van der Waals surface area (Å²) in [4.78, 5) is 1.63. The third kappa shape index (κ3) is 4.83. The second kappa shape index (κ2) is 7.97. The minimum absolute atomic E-state index is 0.867. The summed E-state index contributed by atoms with van der Waals surface area (Å²) >= 11 is 0. The van der Waals surface area contributed by atoms with Gasteiger partial charge in [-0.1, -0.05) is 29.8 Å². The average Bonchev–Trinajstić information content (AvgIpc) is 3.09. The lowest BCUT2D eigenvalue weighted by molar-refractivity contribution is -0.918. The van der Waals surface area contributed by atoms with E-state index in [0.29, 0.717) is 0 Å². The highest BCUT2D eigenvalue weighted by Crippen LogP contribution is 2.06. The van der Waals surface area contributed by atoms with E-state index in [9.17, 15) is 0 Å². The molecule has 3 rings (SSSR count). The minimum atomic E-state index is 0.867. The SMILES string of the molecule is CC(/C=N\N1CC[NH+](Cc2ccc(C)cc2)CC1)=C\c1ccco1. The number of nitrogens with zero attached hydrogens (tertiary/aromatic N) is 2. The molecule has 0 amide bonds. The first-order chi connectivity index (χ1) is 11.7. The first-order valence-electron chi connectivity index (χ1n) is 8.59. The van der Waals surface area contributed by atoms with Gasteiger partial charge in [-0.15, -0.1) is 0 Å². The molecule has 1 aliphatic rings. The van der Waals surface area contributed by atoms with Gasteiger partial charge in [-0.3, -0.25) is 5.01 Å². The summed E-state index contributed by atoms with van der Waals surface area (Å²) in [6, 6.07) is 12.7. The van der Waals surface area contributed by atoms with Gasteiger partial charge in [0, 0.05) is 5.56 Å². The Kier molecular flexibility index (Phi) is 5.49. The van der Waals surface area contributed by atoms with Gasteiger partial charge in [0.25, 0.3) is 0 Å². The molecule has 0 atom stereocenters. The molecule has 0 spiro atoms. The molecule has 1 aliphatic heterocycles. The van der Waals surface area contributed by atoms with Crippen LogP contribution < -0.4 is 4.90 Å². The van der Waals surface area contributed by atoms with Crippen molar-refractivity contribution in [3.8, 4) is 0 Å². The van der Waals surface area contributed by atoms with Crippen LogP contribution in [0.25, 0.3) is 6.08 Å². The zero-order valence-electron chi connectivity index (χ0n) is 14.5. The number of aryl methyl sites for hydroxylation is 1. The zero-order valence-corrected chi connectivity index (χ0v) is 14.5. The Morgan fingerprint density at radius 2 is 1.96 bits per heavy atom. The number of hydrogen-bond donors (Lipinski definition) is 1. The number of rotatable bonds is 5. The molecule has 0 unspecified atom stereocenters. The van der Waals surface area contributed by atoms with Crippen molar-refractivity contribution in [2.45, 2.75) is 20.4 Å². The molecule has 24 heavy (non-hydrogen) atoms. The van der Waals surface area contributed by atoms with Crippen molar-refractivity contribution < 1.29 is 9.32 Å². The summed E-state index contributed by atoms with van der Waals surface area (Å²) < 4.78 is 5.32. The molecule has 2 aromatic rings. The summed E-state index contributed by atoms with van der Waals surface area (Å²) in [6.07, 6.45) is 5.61. The normalized spacial score (nSPS) is 16.9. The third-order valence-electron chi connectivity index (χ3n) is 4.36. The van der Waals surface area contributed by atoms with Crippen LogP contribution in [-0.4, -0.2) is 37.4 Å². The molecule has 0 radical (unpaired) electrons. The minimum Gasteiger partial charge on any atom is -0.465 e. The molecular formula is C20H26N3O+. The Balaban J connectivity index is 1.46. The fraction of sp³-hybridized carbons (Fsp3) is 0.350. The van der Waals surface area contributed by atoms with E-state index in [0.717, 1.165) is 44.1 Å². The lowest BCUT2D eigenvalue weighted by atomic mass is 10.1. The van der Waals surface area contributed by atoms with Crippen LogP contribution in [0.2, 0.25) is 0 Å². The Morgan fingerprint density at radius 3 is 2.62 bits per heavy atom. The maximum absolute atomic E-state index is 5.32. The fourth-order valence-corrected chi connectivity index (χ4v) is 2.91. The van der Waals surface area contributed by atoms with Gasteiger partial charge in [0.05, 0.1) is 38.7 Å². The highest BCUT2D eigenvalue weighted by atomic mass is 16.3. The molecule has 0 saturated carbocycles. The number of quaternary nitrogens is 1. The molecule has 1 saturated heterocycles. The molecule has 126 valence electrons. The number of hydrazone groups is 1. The van der Waals surface area contributed by atoms with E-state index in [-0.39, 0.29) is 0 Å². The molecular weight excluding hydrogens is 298 g/mol. The van der Waals surface area contributed by atoms with Gasteiger partial charge in [0.2, 0.25) is 0 Å². The average molecular weight is 324 g/mol. The first-order valence-corrected chi connectivity index (χ1v) is 8.59. The van der Waals surface area contributed by atoms with Crippen LogP contribution >= 0.6 is 0 Å². The Labute approximate surface area is 144 Å². The van der Waals surface area contributed by atoms with Crippen molar-refractivity contribution >= 4 is 12.3 Å². The Morgan fingerprint density at radius 1 is 1.21 bits per heavy atom. The van der Waals surface area contributed by atoms with Gasteiger partial charge in [0.1, 0.15) is 12.3 Å². The molecule has 4 nitrogen and oxygen atoms in total. The summed E-state index contributed by atoms with van der Waals surface area (Å²) in [5.41, 5.74) is 3.84. The Hall–Kier alpha value is -2.33. The highest BCUT2D eigenvalue weighted by Gasteiger charge is 2.18. The smallest absolute Gasteiger partial charge is 0.126 e. The van der Waals surface area contributed by atoms with Crippen LogP contribution in [0.15, 0.2) is 57.8 Å². The van der Waals surface area contributed by atoms with E-state index < -0.39 is 0 Å². The maximum Gasteiger partial charge on any atom is 0.126 e. The summed E-state index contributed by atoms with van der Waals surface area (Å²) in [7, 11) is 0. The van der Waals surface area contributed by atoms with Gasteiger partial charge in [-0.25, -0.2) is 0 Å². The topological polar surface area (TPSA) is 33.2 Å². The molecule has 1 N–H and O–H groups in total. The van der Waals surface area contributed by atoms with E-state index in [1.165, 1.54) is 11.1 Å². The van der Waals surface area contributed by atoms with Crippen LogP contribution in [0.4, 0.5) is 0 Å². The number of allylic oxidation sites excluding steroid dienone is 1. The predicted molar refractivity (Wildman–Crippen MR) is 98.0 cm³/mol. The van der Waals surface area contributed by atoms with Crippen LogP contribution in [-0.2, 0) is 6.54 Å². The van der Waals surface area contributed by atoms with E-state index >= 15 is 0 Å². The Bertz CT molecular complexity index is 678. The highest BCUT2D eigenvalue weighted by molar-refractivity contribution is 5.83. The molecule has 1 aromatic heterocycles. The van der Waals surface area contributed by atoms with Crippen molar-refractivity contribution in [2.24, 2.45) is 5.10 Å². The van der Waals surface area contributed by atoms with Crippen LogP contribution in [0.1, 0.15) is 23.8 Å². The van der Waals surface area contributed by atoms with Gasteiger partial charge in [-0.2, -0.15) is 5.10 Å². The van der Waals surface area contributed by atoms with Gasteiger partial charge >= 0.3 is 0 Å². The van der Waals surface area contributed by atoms with Crippen LogP contribution in [0, 0.1) is 6.92 Å². The van der Waals surface area contributed by atoms with Gasteiger partial charge in [0.15, 0.2) is 0 Å². The maximum atomic E-state index is 5.32. The molecule has 0 bridgehead atoms. The number of nitrogens with one attached hydrogen (secondary N) is 1. The standard InChI is InChI=1S/C20H25N3O/c1-17-5-7-19(8-6-17)16-22-9-11-23(12-10-22)21-15-18(2)14-20-4-3-13-24-20/h3-8,13-15H,9-12,16H2,1-2H3/p+1/b18-14+,21-15-. The van der Waals surface area contributed by atoms with E-state index in [4.69, 9.17) is 4.42 Å². The lowest BCUT2D eigenvalue weighted by Gasteiger charge is -2.30. The number of benzene rings is 1. The largest absolute Gasteiger partial charge is 0.465 e. The second-order valence-electron chi connectivity index (χ2n) is 6.51. The molecule has 2 heterocycles. The van der Waals surface area contributed by atoms with Gasteiger partial charge in [-0.05, 0) is 37.6 Å². The summed E-state index contributed by atoms with van der Waals surface area (Å²) in [5, 5.41) is 6.77. The quantitative estimate of drug-likeness (QED) is 0.857. The number of hydrogen-bond acceptors (Lipinski definition) is 3. The van der Waals surface area contributed by atoms with Crippen molar-refractivity contribution in [1.29, 1.82) is 0 Å². The zero-order chi connectivity index (χ0) is 16.8. The molecule has 1 aromatic carbocycles. The van der Waals surface area contributed by atoms with E-state index in [1.54, 1.807) is 11.2 Å². The fourth-order valence-electron chi connectivity index (χ4n) is 2.91. The lowest BCUT2D eigenvalue weighted by Crippen LogP contribution is -3.13. The first kappa shape index (κ1) is 16.5. The van der Waals surface area contributed by atoms with Crippen LogP contribution in [0.5, 0.6) is 0 Å². The second-order valence-corrected chi connectivity index (χ2v) is 6.51. The number of piperazine rings is 1. The monoisotopic (exact) mass is 324 g/mol. The molecule has 0 aliphatic carbocycles. The molecule has 4 heteroatoms. The predicted octanol–water partition coefficient (Wildman–Crippen LogP) is 2.38. The summed E-state index contributed by atoms with van der Waals surface area (Å²) in [5.74, 6) is 0.867. The van der Waals surface area contributed by atoms with Crippen molar-refractivity contribution in [3.63, 3.8) is 0 Å². The van der Waals surface area contributed by atoms with Gasteiger partial charge < -0.3 is 9.32 Å². The van der Waals surface area contributed by atoms with Crippen LogP contribution in [0.3, 0.4) is 0 Å². The van der Waals surface area contributed by atoms with Crippen molar-refractivity contribution in [2.75, 3.05) is 26.2 Å². The summed E-state index contributed by atoms with van der Waals surface area (Å²) in [6.45, 7) is 9.56. The van der Waals surface area contributed by atoms with E-state index in [2.05, 4.69) is 41.3 Å². The van der Waals surface area contributed by atoms with Crippen molar-refractivity contribution in [1.82, 2.24) is 5.01 Å². The number of furan rings is 1. The van der Waals surface area contributed by atoms with E-state index in [1.807, 2.05) is 31.3 Å².